The van der Waals surface area contributed by atoms with E-state index >= 15 is 0 Å². The number of nitrogens with zero attached hydrogens (tertiary/aromatic N) is 3. The van der Waals surface area contributed by atoms with Gasteiger partial charge in [0.1, 0.15) is 11.4 Å². The van der Waals surface area contributed by atoms with Crippen LogP contribution < -0.4 is 4.74 Å². The first-order chi connectivity index (χ1) is 14.1. The number of ether oxygens (including phenoxy) is 1. The van der Waals surface area contributed by atoms with Gasteiger partial charge in [-0.25, -0.2) is 9.19 Å². The second kappa shape index (κ2) is 8.73. The Morgan fingerprint density at radius 3 is 2.47 bits per heavy atom. The summed E-state index contributed by atoms with van der Waals surface area (Å²) < 4.78 is 60.9. The van der Waals surface area contributed by atoms with Crippen molar-refractivity contribution in [3.05, 3.63) is 59.2 Å². The molecule has 0 amide bonds. The zero-order valence-electron chi connectivity index (χ0n) is 16.5. The quantitative estimate of drug-likeness (QED) is 0.450. The van der Waals surface area contributed by atoms with Gasteiger partial charge in [-0.05, 0) is 49.7 Å². The van der Waals surface area contributed by atoms with Gasteiger partial charge in [-0.15, -0.1) is 11.3 Å². The molecular weight excluding hydrogens is 435 g/mol. The molecule has 3 rings (SSSR count). The number of rotatable bonds is 6. The van der Waals surface area contributed by atoms with Crippen LogP contribution in [-0.4, -0.2) is 27.0 Å². The van der Waals surface area contributed by atoms with Gasteiger partial charge in [-0.1, -0.05) is 6.07 Å². The Morgan fingerprint density at radius 2 is 1.90 bits per heavy atom. The van der Waals surface area contributed by atoms with Crippen LogP contribution in [-0.2, 0) is 15.9 Å². The average molecular weight is 456 g/mol. The normalized spacial score (nSPS) is 14.7. The number of aromatic nitrogens is 2. The molecule has 0 radical (unpaired) electrons. The Morgan fingerprint density at radius 1 is 1.20 bits per heavy atom. The van der Waals surface area contributed by atoms with E-state index in [9.17, 15) is 17.4 Å². The average Bonchev–Trinajstić information content (AvgIpc) is 3.15. The van der Waals surface area contributed by atoms with Crippen LogP contribution in [0, 0.1) is 0 Å². The largest absolute Gasteiger partial charge is 0.494 e. The highest BCUT2D eigenvalue weighted by molar-refractivity contribution is 7.93. The molecule has 30 heavy (non-hydrogen) atoms. The van der Waals surface area contributed by atoms with E-state index in [1.807, 2.05) is 36.6 Å². The van der Waals surface area contributed by atoms with Crippen molar-refractivity contribution in [2.75, 3.05) is 12.9 Å². The lowest BCUT2D eigenvalue weighted by atomic mass is 10.2. The number of hydrogen-bond donors (Lipinski definition) is 0. The summed E-state index contributed by atoms with van der Waals surface area (Å²) in [6.45, 7) is 4.14. The first-order valence-electron chi connectivity index (χ1n) is 9.03. The maximum absolute atomic E-state index is 13.1. The summed E-state index contributed by atoms with van der Waals surface area (Å²) in [6, 6.07) is 9.61. The Labute approximate surface area is 177 Å². The van der Waals surface area contributed by atoms with E-state index < -0.39 is 26.8 Å². The molecule has 0 N–H and O–H groups in total. The summed E-state index contributed by atoms with van der Waals surface area (Å²) in [4.78, 5) is 7.87. The van der Waals surface area contributed by atoms with Crippen molar-refractivity contribution >= 4 is 26.2 Å². The van der Waals surface area contributed by atoms with Crippen LogP contribution in [0.2, 0.25) is 0 Å². The molecule has 0 aliphatic carbocycles. The monoisotopic (exact) mass is 455 g/mol. The summed E-state index contributed by atoms with van der Waals surface area (Å²) in [6.07, 6.45) is -1.95. The predicted molar refractivity (Wildman–Crippen MR) is 113 cm³/mol. The molecule has 0 spiro atoms. The predicted octanol–water partition coefficient (Wildman–Crippen LogP) is 6.11. The standard InChI is InChI=1S/C20H20F3N3O2S2/c1-4-28-16-8-5-14(6-9-16)17-12-29-19(25-17)26-30(3,27)13(2)15-7-10-18(24-11-15)20(21,22)23/h5-13H,4H2,1-3H3. The minimum Gasteiger partial charge on any atom is -0.494 e. The molecule has 2 unspecified atom stereocenters. The second-order valence-electron chi connectivity index (χ2n) is 6.54. The molecule has 0 saturated carbocycles. The molecule has 2 atom stereocenters. The third-order valence-electron chi connectivity index (χ3n) is 4.41. The molecule has 160 valence electrons. The minimum atomic E-state index is -4.52. The first kappa shape index (κ1) is 22.2. The van der Waals surface area contributed by atoms with Crippen LogP contribution in [0.1, 0.15) is 30.4 Å². The van der Waals surface area contributed by atoms with Crippen LogP contribution in [0.15, 0.2) is 52.3 Å². The zero-order valence-corrected chi connectivity index (χ0v) is 18.1. The fourth-order valence-electron chi connectivity index (χ4n) is 2.63. The van der Waals surface area contributed by atoms with Gasteiger partial charge in [0.15, 0.2) is 0 Å². The molecular formula is C20H20F3N3O2S2. The van der Waals surface area contributed by atoms with Gasteiger partial charge >= 0.3 is 6.18 Å². The van der Waals surface area contributed by atoms with E-state index in [4.69, 9.17) is 4.74 Å². The SMILES string of the molecule is CCOc1ccc(-c2csc(N=S(C)(=O)C(C)c3ccc(C(F)(F)F)nc3)n2)cc1. The lowest BCUT2D eigenvalue weighted by Crippen LogP contribution is -2.11. The van der Waals surface area contributed by atoms with Crippen molar-refractivity contribution < 1.29 is 22.1 Å². The van der Waals surface area contributed by atoms with Crippen molar-refractivity contribution in [1.29, 1.82) is 0 Å². The summed E-state index contributed by atoms with van der Waals surface area (Å²) in [5.41, 5.74) is 1.00. The number of alkyl halides is 3. The van der Waals surface area contributed by atoms with Crippen LogP contribution in [0.3, 0.4) is 0 Å². The third-order valence-corrected chi connectivity index (χ3v) is 7.38. The molecule has 0 saturated heterocycles. The highest BCUT2D eigenvalue weighted by atomic mass is 32.2. The van der Waals surface area contributed by atoms with E-state index in [-0.39, 0.29) is 0 Å². The fraction of sp³-hybridized carbons (Fsp3) is 0.300. The van der Waals surface area contributed by atoms with Gasteiger partial charge in [0.25, 0.3) is 0 Å². The molecule has 1 aromatic carbocycles. The van der Waals surface area contributed by atoms with E-state index in [1.54, 1.807) is 6.92 Å². The van der Waals surface area contributed by atoms with Crippen molar-refractivity contribution in [2.24, 2.45) is 4.36 Å². The van der Waals surface area contributed by atoms with Crippen molar-refractivity contribution in [3.63, 3.8) is 0 Å². The highest BCUT2D eigenvalue weighted by Crippen LogP contribution is 2.33. The zero-order chi connectivity index (χ0) is 21.9. The molecule has 2 aromatic heterocycles. The molecule has 5 nitrogen and oxygen atoms in total. The lowest BCUT2D eigenvalue weighted by molar-refractivity contribution is -0.141. The smallest absolute Gasteiger partial charge is 0.433 e. The number of hydrogen-bond acceptors (Lipinski definition) is 6. The maximum Gasteiger partial charge on any atom is 0.433 e. The van der Waals surface area contributed by atoms with Crippen LogP contribution in [0.4, 0.5) is 18.3 Å². The molecule has 0 fully saturated rings. The van der Waals surface area contributed by atoms with Crippen molar-refractivity contribution in [2.45, 2.75) is 25.3 Å². The van der Waals surface area contributed by atoms with Gasteiger partial charge in [-0.2, -0.15) is 17.5 Å². The topological polar surface area (TPSA) is 64.4 Å². The van der Waals surface area contributed by atoms with E-state index in [2.05, 4.69) is 14.3 Å². The Balaban J connectivity index is 1.82. The van der Waals surface area contributed by atoms with E-state index in [0.717, 1.165) is 23.6 Å². The van der Waals surface area contributed by atoms with Crippen molar-refractivity contribution in [1.82, 2.24) is 9.97 Å². The van der Waals surface area contributed by atoms with Crippen LogP contribution in [0.5, 0.6) is 5.75 Å². The van der Waals surface area contributed by atoms with E-state index in [0.29, 0.717) is 23.0 Å². The van der Waals surface area contributed by atoms with Crippen LogP contribution in [0.25, 0.3) is 11.3 Å². The first-order valence-corrected chi connectivity index (χ1v) is 11.9. The van der Waals surface area contributed by atoms with Gasteiger partial charge in [0.05, 0.1) is 27.3 Å². The molecule has 2 heterocycles. The molecule has 0 aliphatic heterocycles. The summed E-state index contributed by atoms with van der Waals surface area (Å²) in [5, 5.41) is 1.54. The Hall–Kier alpha value is -2.46. The Bertz CT molecular complexity index is 1120. The molecule has 0 bridgehead atoms. The number of benzene rings is 1. The number of halogens is 3. The minimum absolute atomic E-state index is 0.345. The van der Waals surface area contributed by atoms with Gasteiger partial charge < -0.3 is 4.74 Å². The fourth-order valence-corrected chi connectivity index (χ4v) is 4.95. The Kier molecular flexibility index (Phi) is 6.47. The second-order valence-corrected chi connectivity index (χ2v) is 9.99. The lowest BCUT2D eigenvalue weighted by Gasteiger charge is -2.14. The van der Waals surface area contributed by atoms with Crippen LogP contribution >= 0.6 is 11.3 Å². The molecule has 0 aliphatic rings. The third kappa shape index (κ3) is 5.17. The highest BCUT2D eigenvalue weighted by Gasteiger charge is 2.32. The number of thiazole rings is 1. The van der Waals surface area contributed by atoms with Gasteiger partial charge in [0, 0.05) is 23.4 Å². The summed E-state index contributed by atoms with van der Waals surface area (Å²) >= 11 is 1.25. The summed E-state index contributed by atoms with van der Waals surface area (Å²) in [7, 11) is -2.82. The van der Waals surface area contributed by atoms with E-state index in [1.165, 1.54) is 23.7 Å². The maximum atomic E-state index is 13.1. The van der Waals surface area contributed by atoms with Crippen molar-refractivity contribution in [3.8, 4) is 17.0 Å². The van der Waals surface area contributed by atoms with Gasteiger partial charge in [0.2, 0.25) is 5.13 Å². The number of pyridine rings is 1. The van der Waals surface area contributed by atoms with Gasteiger partial charge in [-0.3, -0.25) is 4.98 Å². The molecule has 10 heteroatoms. The molecule has 3 aromatic rings. The summed E-state index contributed by atoms with van der Waals surface area (Å²) in [5.74, 6) is 0.761.